The molecule has 2 aromatic rings. The summed E-state index contributed by atoms with van der Waals surface area (Å²) in [5.74, 6) is 1.60. The van der Waals surface area contributed by atoms with Gasteiger partial charge in [0.25, 0.3) is 0 Å². The molecule has 0 aliphatic rings. The Hall–Kier alpha value is -1.66. The van der Waals surface area contributed by atoms with Crippen LogP contribution in [-0.4, -0.2) is 23.0 Å². The zero-order valence-corrected chi connectivity index (χ0v) is 28.5. The number of hydrogen-bond acceptors (Lipinski definition) is 6. The van der Waals surface area contributed by atoms with Crippen LogP contribution in [0.25, 0.3) is 0 Å². The average Bonchev–Trinajstić information content (AvgIpc) is 2.88. The Kier molecular flexibility index (Phi) is 14.8. The maximum Gasteiger partial charge on any atom is 0.527 e. The molecule has 2 atom stereocenters. The van der Waals surface area contributed by atoms with Crippen molar-refractivity contribution in [3.63, 3.8) is 0 Å². The van der Waals surface area contributed by atoms with Crippen molar-refractivity contribution < 1.29 is 37.0 Å². The summed E-state index contributed by atoms with van der Waals surface area (Å²) in [5, 5.41) is 0. The van der Waals surface area contributed by atoms with Gasteiger partial charge in [-0.05, 0) is 59.8 Å². The summed E-state index contributed by atoms with van der Waals surface area (Å²) in [4.78, 5) is 20.6. The third kappa shape index (κ3) is 11.8. The number of hydrogen-bond donors (Lipinski definition) is 2. The highest BCUT2D eigenvalue weighted by Crippen LogP contribution is 2.48. The van der Waals surface area contributed by atoms with Crippen LogP contribution in [0, 0.1) is 0 Å². The molecule has 2 aromatic carbocycles. The molecule has 8 nitrogen and oxygen atoms in total. The first-order chi connectivity index (χ1) is 19.6. The lowest BCUT2D eigenvalue weighted by Gasteiger charge is -2.21. The molecule has 0 bridgehead atoms. The highest BCUT2D eigenvalue weighted by molar-refractivity contribution is 7.48. The van der Waals surface area contributed by atoms with E-state index in [0.717, 1.165) is 47.9 Å². The first-order valence-corrected chi connectivity index (χ1v) is 18.2. The Morgan fingerprint density at radius 2 is 0.881 bits per heavy atom. The number of phosphoric acid groups is 2. The average molecular weight is 627 g/mol. The molecule has 2 rings (SSSR count). The predicted octanol–water partition coefficient (Wildman–Crippen LogP) is 10.2. The number of phosphoric ester groups is 2. The van der Waals surface area contributed by atoms with Crippen LogP contribution in [0.5, 0.6) is 11.5 Å². The molecule has 10 heteroatoms. The van der Waals surface area contributed by atoms with E-state index in [-0.39, 0.29) is 36.9 Å². The number of unbranched alkanes of at least 4 members (excludes halogenated alkanes) is 5. The highest BCUT2D eigenvalue weighted by Gasteiger charge is 2.27. The zero-order valence-electron chi connectivity index (χ0n) is 26.7. The minimum atomic E-state index is -4.24. The van der Waals surface area contributed by atoms with Crippen LogP contribution in [0.2, 0.25) is 0 Å². The normalized spacial score (nSPS) is 14.9. The molecule has 0 fully saturated rings. The maximum atomic E-state index is 12.6. The monoisotopic (exact) mass is 626 g/mol. The van der Waals surface area contributed by atoms with Gasteiger partial charge in [0.2, 0.25) is 0 Å². The second-order valence-corrected chi connectivity index (χ2v) is 14.8. The Morgan fingerprint density at radius 1 is 0.548 bits per heavy atom. The number of benzene rings is 2. The van der Waals surface area contributed by atoms with E-state index in [1.807, 2.05) is 52.0 Å². The Labute approximate surface area is 253 Å². The summed E-state index contributed by atoms with van der Waals surface area (Å²) in [6.45, 7) is 16.7. The molecule has 2 unspecified atom stereocenters. The molecule has 2 N–H and O–H groups in total. The molecule has 42 heavy (non-hydrogen) atoms. The Bertz CT molecular complexity index is 1120. The van der Waals surface area contributed by atoms with E-state index < -0.39 is 15.6 Å². The SMILES string of the molecule is CC(C)c1cccc(OP(=O)(O)OCCCCCCCCOP(=O)(O)Oc2cccc(C(C)C)c2C(C)C)c1C(C)C. The van der Waals surface area contributed by atoms with E-state index in [4.69, 9.17) is 18.1 Å². The molecule has 0 radical (unpaired) electrons. The molecule has 0 aromatic heterocycles. The Morgan fingerprint density at radius 3 is 1.19 bits per heavy atom. The number of rotatable bonds is 19. The molecule has 0 heterocycles. The van der Waals surface area contributed by atoms with E-state index in [9.17, 15) is 18.9 Å². The zero-order chi connectivity index (χ0) is 31.5. The van der Waals surface area contributed by atoms with Gasteiger partial charge in [-0.2, -0.15) is 0 Å². The van der Waals surface area contributed by atoms with Crippen molar-refractivity contribution >= 4 is 15.6 Å². The fourth-order valence-electron chi connectivity index (χ4n) is 5.10. The van der Waals surface area contributed by atoms with Crippen LogP contribution in [0.1, 0.15) is 140 Å². The van der Waals surface area contributed by atoms with Gasteiger partial charge in [-0.1, -0.05) is 105 Å². The lowest BCUT2D eigenvalue weighted by atomic mass is 9.90. The lowest BCUT2D eigenvalue weighted by Crippen LogP contribution is -2.05. The summed E-state index contributed by atoms with van der Waals surface area (Å²) in [5.41, 5.74) is 4.05. The van der Waals surface area contributed by atoms with Gasteiger partial charge in [-0.3, -0.25) is 18.8 Å². The predicted molar refractivity (Wildman–Crippen MR) is 170 cm³/mol. The molecule has 0 aliphatic carbocycles. The smallest absolute Gasteiger partial charge is 0.404 e. The summed E-state index contributed by atoms with van der Waals surface area (Å²) in [6, 6.07) is 11.1. The minimum Gasteiger partial charge on any atom is -0.404 e. The van der Waals surface area contributed by atoms with Crippen LogP contribution in [-0.2, 0) is 18.2 Å². The van der Waals surface area contributed by atoms with Gasteiger partial charge in [0, 0.05) is 11.1 Å². The third-order valence-electron chi connectivity index (χ3n) is 7.07. The van der Waals surface area contributed by atoms with Crippen molar-refractivity contribution in [3.8, 4) is 11.5 Å². The van der Waals surface area contributed by atoms with Crippen molar-refractivity contribution in [3.05, 3.63) is 58.7 Å². The van der Waals surface area contributed by atoms with Crippen molar-refractivity contribution in [1.29, 1.82) is 0 Å². The van der Waals surface area contributed by atoms with Gasteiger partial charge >= 0.3 is 15.6 Å². The van der Waals surface area contributed by atoms with E-state index in [1.54, 1.807) is 12.1 Å². The Balaban J connectivity index is 1.69. The van der Waals surface area contributed by atoms with Gasteiger partial charge < -0.3 is 9.05 Å². The van der Waals surface area contributed by atoms with Crippen molar-refractivity contribution in [2.45, 2.75) is 118 Å². The second-order valence-electron chi connectivity index (χ2n) is 12.0. The molecule has 0 aliphatic heterocycles. The maximum absolute atomic E-state index is 12.6. The van der Waals surface area contributed by atoms with E-state index in [2.05, 4.69) is 27.7 Å². The van der Waals surface area contributed by atoms with E-state index in [1.165, 1.54) is 0 Å². The fourth-order valence-corrected chi connectivity index (χ4v) is 6.74. The van der Waals surface area contributed by atoms with Gasteiger partial charge in [-0.25, -0.2) is 9.13 Å². The lowest BCUT2D eigenvalue weighted by molar-refractivity contribution is 0.194. The molecule has 0 saturated heterocycles. The standard InChI is InChI=1S/C32H52O8P2/c1-23(2)27-17-15-19-29(31(27)25(5)6)39-41(33,34)37-21-13-11-9-10-12-14-22-38-42(35,36)40-30-20-16-18-28(24(3)4)32(30)26(7)8/h15-20,23-26H,9-14,21-22H2,1-8H3,(H,33,34)(H,35,36). The van der Waals surface area contributed by atoms with Crippen LogP contribution in [0.15, 0.2) is 36.4 Å². The fraction of sp³-hybridized carbons (Fsp3) is 0.625. The third-order valence-corrected chi connectivity index (χ3v) is 8.95. The largest absolute Gasteiger partial charge is 0.527 e. The summed E-state index contributed by atoms with van der Waals surface area (Å²) in [7, 11) is -8.48. The van der Waals surface area contributed by atoms with Crippen LogP contribution in [0.4, 0.5) is 0 Å². The first kappa shape index (κ1) is 36.5. The first-order valence-electron chi connectivity index (χ1n) is 15.2. The van der Waals surface area contributed by atoms with Crippen LogP contribution >= 0.6 is 15.6 Å². The van der Waals surface area contributed by atoms with Gasteiger partial charge in [0.15, 0.2) is 0 Å². The molecular weight excluding hydrogens is 574 g/mol. The highest BCUT2D eigenvalue weighted by atomic mass is 31.2. The molecule has 0 spiro atoms. The second kappa shape index (κ2) is 17.0. The van der Waals surface area contributed by atoms with E-state index in [0.29, 0.717) is 24.3 Å². The quantitative estimate of drug-likeness (QED) is 0.117. The van der Waals surface area contributed by atoms with Crippen molar-refractivity contribution in [2.75, 3.05) is 13.2 Å². The van der Waals surface area contributed by atoms with E-state index >= 15 is 0 Å². The molecular formula is C32H52O8P2. The van der Waals surface area contributed by atoms with Gasteiger partial charge in [0.1, 0.15) is 11.5 Å². The van der Waals surface area contributed by atoms with Gasteiger partial charge in [0.05, 0.1) is 13.2 Å². The summed E-state index contributed by atoms with van der Waals surface area (Å²) >= 11 is 0. The van der Waals surface area contributed by atoms with Crippen molar-refractivity contribution in [1.82, 2.24) is 0 Å². The molecule has 0 amide bonds. The summed E-state index contributed by atoms with van der Waals surface area (Å²) in [6.07, 6.45) is 4.71. The van der Waals surface area contributed by atoms with Crippen LogP contribution < -0.4 is 9.05 Å². The topological polar surface area (TPSA) is 112 Å². The van der Waals surface area contributed by atoms with Crippen molar-refractivity contribution in [2.24, 2.45) is 0 Å². The minimum absolute atomic E-state index is 0.124. The molecule has 0 saturated carbocycles. The summed E-state index contributed by atoms with van der Waals surface area (Å²) < 4.78 is 46.6. The molecule has 238 valence electrons. The van der Waals surface area contributed by atoms with Crippen LogP contribution in [0.3, 0.4) is 0 Å². The van der Waals surface area contributed by atoms with Gasteiger partial charge in [-0.15, -0.1) is 0 Å².